The van der Waals surface area contributed by atoms with Crippen molar-refractivity contribution in [1.82, 2.24) is 14.9 Å². The van der Waals surface area contributed by atoms with E-state index < -0.39 is 5.69 Å². The van der Waals surface area contributed by atoms with Crippen molar-refractivity contribution in [3.8, 4) is 0 Å². The van der Waals surface area contributed by atoms with Crippen LogP contribution in [-0.4, -0.2) is 27.8 Å². The lowest BCUT2D eigenvalue weighted by Gasteiger charge is -2.06. The van der Waals surface area contributed by atoms with Gasteiger partial charge in [0.15, 0.2) is 0 Å². The number of amides is 1. The van der Waals surface area contributed by atoms with Crippen LogP contribution in [0.1, 0.15) is 12.0 Å². The number of nitrogens with zero attached hydrogens (tertiary/aromatic N) is 2. The summed E-state index contributed by atoms with van der Waals surface area (Å²) in [6, 6.07) is 9.43. The minimum Gasteiger partial charge on any atom is -0.355 e. The van der Waals surface area contributed by atoms with Crippen molar-refractivity contribution in [3.63, 3.8) is 0 Å². The van der Waals surface area contributed by atoms with Gasteiger partial charge in [0, 0.05) is 29.7 Å². The van der Waals surface area contributed by atoms with Crippen molar-refractivity contribution >= 4 is 29.3 Å². The Kier molecular flexibility index (Phi) is 7.16. The Morgan fingerprint density at radius 3 is 2.83 bits per heavy atom. The van der Waals surface area contributed by atoms with Crippen molar-refractivity contribution in [1.29, 1.82) is 0 Å². The molecule has 0 aliphatic carbocycles. The third kappa shape index (κ3) is 6.46. The Morgan fingerprint density at radius 1 is 1.30 bits per heavy atom. The van der Waals surface area contributed by atoms with Crippen LogP contribution in [0, 0.1) is 0 Å². The van der Waals surface area contributed by atoms with Crippen molar-refractivity contribution in [2.24, 2.45) is 0 Å². The Bertz CT molecular complexity index is 688. The van der Waals surface area contributed by atoms with E-state index in [9.17, 15) is 9.59 Å². The predicted molar refractivity (Wildman–Crippen MR) is 93.7 cm³/mol. The van der Waals surface area contributed by atoms with Crippen molar-refractivity contribution < 1.29 is 4.79 Å². The summed E-state index contributed by atoms with van der Waals surface area (Å²) >= 11 is 7.65. The van der Waals surface area contributed by atoms with Gasteiger partial charge in [-0.15, -0.1) is 0 Å². The second-order valence-corrected chi connectivity index (χ2v) is 6.45. The predicted octanol–water partition coefficient (Wildman–Crippen LogP) is 2.34. The highest BCUT2D eigenvalue weighted by Gasteiger charge is 2.03. The maximum Gasteiger partial charge on any atom is 0.347 e. The summed E-state index contributed by atoms with van der Waals surface area (Å²) in [6.45, 7) is 0.603. The van der Waals surface area contributed by atoms with E-state index in [1.54, 1.807) is 12.3 Å². The van der Waals surface area contributed by atoms with Gasteiger partial charge >= 0.3 is 5.69 Å². The summed E-state index contributed by atoms with van der Waals surface area (Å²) in [6.07, 6.45) is 3.84. The van der Waals surface area contributed by atoms with E-state index in [0.717, 1.165) is 22.9 Å². The zero-order chi connectivity index (χ0) is 16.5. The third-order valence-corrected chi connectivity index (χ3v) is 4.43. The molecule has 1 aromatic heterocycles. The average molecular weight is 352 g/mol. The molecule has 0 fully saturated rings. The number of aromatic nitrogens is 2. The van der Waals surface area contributed by atoms with Gasteiger partial charge in [-0.1, -0.05) is 23.7 Å². The van der Waals surface area contributed by atoms with Gasteiger partial charge in [-0.25, -0.2) is 9.78 Å². The van der Waals surface area contributed by atoms with Crippen LogP contribution in [0.5, 0.6) is 0 Å². The highest BCUT2D eigenvalue weighted by Crippen LogP contribution is 2.15. The molecule has 1 heterocycles. The zero-order valence-electron chi connectivity index (χ0n) is 12.6. The smallest absolute Gasteiger partial charge is 0.347 e. The molecule has 0 atom stereocenters. The van der Waals surface area contributed by atoms with Crippen molar-refractivity contribution in [3.05, 3.63) is 63.8 Å². The van der Waals surface area contributed by atoms with Gasteiger partial charge in [-0.2, -0.15) is 11.8 Å². The highest BCUT2D eigenvalue weighted by atomic mass is 35.5. The van der Waals surface area contributed by atoms with E-state index in [1.807, 2.05) is 36.0 Å². The molecule has 0 aliphatic heterocycles. The Balaban J connectivity index is 1.58. The van der Waals surface area contributed by atoms with Gasteiger partial charge in [0.05, 0.1) is 0 Å². The van der Waals surface area contributed by atoms with Crippen LogP contribution in [0.15, 0.2) is 47.5 Å². The largest absolute Gasteiger partial charge is 0.355 e. The van der Waals surface area contributed by atoms with E-state index in [0.29, 0.717) is 6.54 Å². The highest BCUT2D eigenvalue weighted by molar-refractivity contribution is 7.98. The molecule has 1 aromatic carbocycles. The second kappa shape index (κ2) is 9.37. The SMILES string of the molecule is O=C(Cn1cccnc1=O)NCCCSCc1ccc(Cl)cc1. The minimum atomic E-state index is -0.416. The molecule has 0 unspecified atom stereocenters. The summed E-state index contributed by atoms with van der Waals surface area (Å²) in [4.78, 5) is 26.7. The van der Waals surface area contributed by atoms with Crippen molar-refractivity contribution in [2.75, 3.05) is 12.3 Å². The van der Waals surface area contributed by atoms with Crippen LogP contribution in [0.25, 0.3) is 0 Å². The van der Waals surface area contributed by atoms with Gasteiger partial charge in [-0.3, -0.25) is 9.36 Å². The van der Waals surface area contributed by atoms with Crippen LogP contribution < -0.4 is 11.0 Å². The molecule has 0 spiro atoms. The molecule has 1 amide bonds. The fourth-order valence-corrected chi connectivity index (χ4v) is 2.94. The molecular formula is C16H18ClN3O2S. The number of benzene rings is 1. The van der Waals surface area contributed by atoms with E-state index in [-0.39, 0.29) is 12.5 Å². The normalized spacial score (nSPS) is 10.5. The van der Waals surface area contributed by atoms with Crippen LogP contribution in [0.4, 0.5) is 0 Å². The summed E-state index contributed by atoms with van der Waals surface area (Å²) in [5, 5.41) is 3.55. The number of halogens is 1. The van der Waals surface area contributed by atoms with E-state index in [2.05, 4.69) is 10.3 Å². The van der Waals surface area contributed by atoms with Crippen molar-refractivity contribution in [2.45, 2.75) is 18.7 Å². The molecule has 0 bridgehead atoms. The lowest BCUT2D eigenvalue weighted by atomic mass is 10.2. The van der Waals surface area contributed by atoms with Gasteiger partial charge in [0.2, 0.25) is 5.91 Å². The molecule has 0 saturated carbocycles. The summed E-state index contributed by atoms with van der Waals surface area (Å²) in [7, 11) is 0. The molecule has 0 radical (unpaired) electrons. The number of hydrogen-bond acceptors (Lipinski definition) is 4. The van der Waals surface area contributed by atoms with Gasteiger partial charge < -0.3 is 5.32 Å². The molecule has 23 heavy (non-hydrogen) atoms. The van der Waals surface area contributed by atoms with Gasteiger partial charge in [-0.05, 0) is 35.9 Å². The molecular weight excluding hydrogens is 334 g/mol. The number of hydrogen-bond donors (Lipinski definition) is 1. The van der Waals surface area contributed by atoms with Crippen LogP contribution in [0.2, 0.25) is 5.02 Å². The number of carbonyl (C=O) groups is 1. The fourth-order valence-electron chi connectivity index (χ4n) is 1.89. The minimum absolute atomic E-state index is 0.00455. The first kappa shape index (κ1) is 17.6. The first-order valence-electron chi connectivity index (χ1n) is 7.25. The van der Waals surface area contributed by atoms with Gasteiger partial charge in [0.1, 0.15) is 6.54 Å². The standard InChI is InChI=1S/C16H18ClN3O2S/c17-14-5-3-13(4-6-14)12-23-10-2-8-18-15(21)11-20-9-1-7-19-16(20)22/h1,3-7,9H,2,8,10-12H2,(H,18,21). The Labute approximate surface area is 144 Å². The molecule has 0 aliphatic rings. The Hall–Kier alpha value is -1.79. The molecule has 2 rings (SSSR count). The second-order valence-electron chi connectivity index (χ2n) is 4.91. The van der Waals surface area contributed by atoms with Crippen LogP contribution >= 0.6 is 23.4 Å². The lowest BCUT2D eigenvalue weighted by molar-refractivity contribution is -0.121. The molecule has 2 aromatic rings. The third-order valence-electron chi connectivity index (χ3n) is 3.07. The fraction of sp³-hybridized carbons (Fsp3) is 0.312. The summed E-state index contributed by atoms with van der Waals surface area (Å²) in [5.41, 5.74) is 0.820. The number of nitrogens with one attached hydrogen (secondary N) is 1. The molecule has 7 heteroatoms. The quantitative estimate of drug-likeness (QED) is 0.741. The number of rotatable bonds is 8. The van der Waals surface area contributed by atoms with E-state index in [1.165, 1.54) is 16.3 Å². The lowest BCUT2D eigenvalue weighted by Crippen LogP contribution is -2.33. The Morgan fingerprint density at radius 2 is 2.09 bits per heavy atom. The monoisotopic (exact) mass is 351 g/mol. The maximum atomic E-state index is 11.7. The molecule has 122 valence electrons. The summed E-state index contributed by atoms with van der Waals surface area (Å²) < 4.78 is 1.28. The van der Waals surface area contributed by atoms with Crippen LogP contribution in [-0.2, 0) is 17.1 Å². The van der Waals surface area contributed by atoms with Gasteiger partial charge in [0.25, 0.3) is 0 Å². The first-order chi connectivity index (χ1) is 11.1. The average Bonchev–Trinajstić information content (AvgIpc) is 2.54. The number of thioether (sulfide) groups is 1. The molecule has 1 N–H and O–H groups in total. The first-order valence-corrected chi connectivity index (χ1v) is 8.79. The van der Waals surface area contributed by atoms with E-state index >= 15 is 0 Å². The summed E-state index contributed by atoms with van der Waals surface area (Å²) in [5.74, 6) is 1.70. The molecule has 0 saturated heterocycles. The topological polar surface area (TPSA) is 64.0 Å². The zero-order valence-corrected chi connectivity index (χ0v) is 14.1. The maximum absolute atomic E-state index is 11.7. The molecule has 5 nitrogen and oxygen atoms in total. The number of carbonyl (C=O) groups excluding carboxylic acids is 1. The van der Waals surface area contributed by atoms with E-state index in [4.69, 9.17) is 11.6 Å². The van der Waals surface area contributed by atoms with Crippen LogP contribution in [0.3, 0.4) is 0 Å².